The van der Waals surface area contributed by atoms with Gasteiger partial charge in [0.1, 0.15) is 0 Å². The van der Waals surface area contributed by atoms with Gasteiger partial charge in [-0.1, -0.05) is 6.08 Å². The second-order valence-corrected chi connectivity index (χ2v) is 4.66. The molecule has 1 aliphatic heterocycles. The van der Waals surface area contributed by atoms with Crippen molar-refractivity contribution >= 4 is 11.9 Å². The maximum Gasteiger partial charge on any atom is 0.407 e. The van der Waals surface area contributed by atoms with Gasteiger partial charge in [0.2, 0.25) is 0 Å². The van der Waals surface area contributed by atoms with Gasteiger partial charge in [-0.15, -0.1) is 0 Å². The van der Waals surface area contributed by atoms with E-state index in [4.69, 9.17) is 5.11 Å². The Bertz CT molecular complexity index is 357. The summed E-state index contributed by atoms with van der Waals surface area (Å²) < 4.78 is 0. The summed E-state index contributed by atoms with van der Waals surface area (Å²) in [6.45, 7) is 4.26. The number of amides is 1. The van der Waals surface area contributed by atoms with Crippen LogP contribution in [0.25, 0.3) is 0 Å². The predicted molar refractivity (Wildman–Crippen MR) is 63.0 cm³/mol. The van der Waals surface area contributed by atoms with E-state index in [0.717, 1.165) is 31.5 Å². The van der Waals surface area contributed by atoms with Crippen LogP contribution in [0, 0.1) is 0 Å². The molecule has 1 aliphatic carbocycles. The summed E-state index contributed by atoms with van der Waals surface area (Å²) >= 11 is 0. The Kier molecular flexibility index (Phi) is 3.47. The van der Waals surface area contributed by atoms with Crippen molar-refractivity contribution < 1.29 is 14.7 Å². The number of Topliss-reactive ketones (excluding diaryl/α,β-unsaturated/α-hetero) is 1. The number of carboxylic acid groups (broad SMARTS) is 1. The van der Waals surface area contributed by atoms with Gasteiger partial charge in [0.25, 0.3) is 0 Å². The minimum Gasteiger partial charge on any atom is -0.465 e. The van der Waals surface area contributed by atoms with E-state index in [1.807, 2.05) is 0 Å². The molecule has 1 unspecified atom stereocenters. The Hall–Kier alpha value is -1.36. The number of carbonyl (C=O) groups is 2. The van der Waals surface area contributed by atoms with Crippen LogP contribution in [-0.2, 0) is 4.79 Å². The maximum atomic E-state index is 11.2. The Morgan fingerprint density at radius 2 is 1.94 bits per heavy atom. The van der Waals surface area contributed by atoms with E-state index in [1.165, 1.54) is 4.90 Å². The molecule has 1 saturated heterocycles. The average molecular weight is 238 g/mol. The third kappa shape index (κ3) is 2.66. The SMILES string of the molecule is CC(=O)C1=CC(N2CCN(C(=O)O)CC2)CC1. The largest absolute Gasteiger partial charge is 0.465 e. The first-order valence-electron chi connectivity index (χ1n) is 6.01. The standard InChI is InChI=1S/C12H18N2O3/c1-9(15)10-2-3-11(8-10)13-4-6-14(7-5-13)12(16)17/h8,11H,2-7H2,1H3,(H,16,17). The summed E-state index contributed by atoms with van der Waals surface area (Å²) in [5.41, 5.74) is 0.927. The molecule has 1 heterocycles. The highest BCUT2D eigenvalue weighted by atomic mass is 16.4. The van der Waals surface area contributed by atoms with Crippen molar-refractivity contribution in [2.75, 3.05) is 26.2 Å². The Morgan fingerprint density at radius 1 is 1.29 bits per heavy atom. The second kappa shape index (κ2) is 4.87. The highest BCUT2D eigenvalue weighted by Gasteiger charge is 2.28. The number of piperazine rings is 1. The second-order valence-electron chi connectivity index (χ2n) is 4.66. The number of ketones is 1. The van der Waals surface area contributed by atoms with E-state index in [1.54, 1.807) is 6.92 Å². The summed E-state index contributed by atoms with van der Waals surface area (Å²) in [4.78, 5) is 25.7. The van der Waals surface area contributed by atoms with E-state index in [-0.39, 0.29) is 5.78 Å². The number of rotatable bonds is 2. The molecule has 1 fully saturated rings. The van der Waals surface area contributed by atoms with Gasteiger partial charge < -0.3 is 10.0 Å². The predicted octanol–water partition coefficient (Wildman–Crippen LogP) is 0.960. The molecule has 0 aromatic heterocycles. The lowest BCUT2D eigenvalue weighted by atomic mass is 10.2. The van der Waals surface area contributed by atoms with Crippen LogP contribution in [0.4, 0.5) is 4.79 Å². The smallest absolute Gasteiger partial charge is 0.407 e. The number of hydrogen-bond acceptors (Lipinski definition) is 3. The summed E-state index contributed by atoms with van der Waals surface area (Å²) in [6, 6.07) is 0.324. The zero-order valence-electron chi connectivity index (χ0n) is 10.1. The number of allylic oxidation sites excluding steroid dienone is 1. The zero-order chi connectivity index (χ0) is 12.4. The molecule has 5 heteroatoms. The number of hydrogen-bond donors (Lipinski definition) is 1. The van der Waals surface area contributed by atoms with Gasteiger partial charge in [0, 0.05) is 32.2 Å². The molecule has 1 atom stereocenters. The normalized spacial score (nSPS) is 25.8. The fraction of sp³-hybridized carbons (Fsp3) is 0.667. The minimum absolute atomic E-state index is 0.164. The molecule has 0 bridgehead atoms. The van der Waals surface area contributed by atoms with Crippen molar-refractivity contribution in [2.45, 2.75) is 25.8 Å². The molecular formula is C12H18N2O3. The van der Waals surface area contributed by atoms with Crippen molar-refractivity contribution in [3.63, 3.8) is 0 Å². The van der Waals surface area contributed by atoms with Crippen LogP contribution >= 0.6 is 0 Å². The summed E-state index contributed by atoms with van der Waals surface area (Å²) in [5.74, 6) is 0.164. The third-order valence-corrected chi connectivity index (χ3v) is 3.61. The fourth-order valence-corrected chi connectivity index (χ4v) is 2.53. The lowest BCUT2D eigenvalue weighted by Crippen LogP contribution is -2.50. The quantitative estimate of drug-likeness (QED) is 0.778. The first-order chi connectivity index (χ1) is 8.08. The zero-order valence-corrected chi connectivity index (χ0v) is 10.1. The van der Waals surface area contributed by atoms with Gasteiger partial charge in [-0.25, -0.2) is 4.79 Å². The molecule has 2 aliphatic rings. The fourth-order valence-electron chi connectivity index (χ4n) is 2.53. The van der Waals surface area contributed by atoms with Crippen LogP contribution in [0.5, 0.6) is 0 Å². The van der Waals surface area contributed by atoms with Gasteiger partial charge in [0.15, 0.2) is 5.78 Å². The minimum atomic E-state index is -0.837. The molecule has 1 N–H and O–H groups in total. The lowest BCUT2D eigenvalue weighted by Gasteiger charge is -2.36. The molecule has 0 aromatic carbocycles. The van der Waals surface area contributed by atoms with Crippen LogP contribution in [0.1, 0.15) is 19.8 Å². The Labute approximate surface area is 101 Å². The Morgan fingerprint density at radius 3 is 2.41 bits per heavy atom. The van der Waals surface area contributed by atoms with E-state index in [0.29, 0.717) is 19.1 Å². The maximum absolute atomic E-state index is 11.2. The van der Waals surface area contributed by atoms with Gasteiger partial charge in [-0.3, -0.25) is 9.69 Å². The topological polar surface area (TPSA) is 60.9 Å². The molecule has 5 nitrogen and oxygen atoms in total. The molecule has 2 rings (SSSR count). The van der Waals surface area contributed by atoms with Crippen LogP contribution in [0.3, 0.4) is 0 Å². The third-order valence-electron chi connectivity index (χ3n) is 3.61. The lowest BCUT2D eigenvalue weighted by molar-refractivity contribution is -0.113. The first kappa shape index (κ1) is 12.1. The first-order valence-corrected chi connectivity index (χ1v) is 6.01. The van der Waals surface area contributed by atoms with Crippen LogP contribution in [-0.4, -0.2) is 59.0 Å². The molecule has 94 valence electrons. The van der Waals surface area contributed by atoms with Crippen LogP contribution in [0.15, 0.2) is 11.6 Å². The van der Waals surface area contributed by atoms with E-state index < -0.39 is 6.09 Å². The van der Waals surface area contributed by atoms with Gasteiger partial charge in [0.05, 0.1) is 0 Å². The van der Waals surface area contributed by atoms with E-state index in [2.05, 4.69) is 11.0 Å². The van der Waals surface area contributed by atoms with Crippen molar-refractivity contribution in [1.82, 2.24) is 9.80 Å². The highest BCUT2D eigenvalue weighted by Crippen LogP contribution is 2.24. The summed E-state index contributed by atoms with van der Waals surface area (Å²) in [6.07, 6.45) is 3.07. The van der Waals surface area contributed by atoms with E-state index in [9.17, 15) is 9.59 Å². The molecule has 1 amide bonds. The summed E-state index contributed by atoms with van der Waals surface area (Å²) in [7, 11) is 0. The van der Waals surface area contributed by atoms with Crippen molar-refractivity contribution in [3.05, 3.63) is 11.6 Å². The summed E-state index contributed by atoms with van der Waals surface area (Å²) in [5, 5.41) is 8.86. The van der Waals surface area contributed by atoms with Gasteiger partial charge in [-0.2, -0.15) is 0 Å². The monoisotopic (exact) mass is 238 g/mol. The molecule has 17 heavy (non-hydrogen) atoms. The molecular weight excluding hydrogens is 220 g/mol. The molecule has 0 radical (unpaired) electrons. The van der Waals surface area contributed by atoms with Crippen molar-refractivity contribution in [3.8, 4) is 0 Å². The number of carbonyl (C=O) groups excluding carboxylic acids is 1. The number of nitrogens with zero attached hydrogens (tertiary/aromatic N) is 2. The van der Waals surface area contributed by atoms with Crippen molar-refractivity contribution in [1.29, 1.82) is 0 Å². The van der Waals surface area contributed by atoms with Crippen LogP contribution < -0.4 is 0 Å². The average Bonchev–Trinajstić information content (AvgIpc) is 2.78. The van der Waals surface area contributed by atoms with Crippen molar-refractivity contribution in [2.24, 2.45) is 0 Å². The molecule has 0 saturated carbocycles. The van der Waals surface area contributed by atoms with Crippen LogP contribution in [0.2, 0.25) is 0 Å². The van der Waals surface area contributed by atoms with E-state index >= 15 is 0 Å². The molecule has 0 aromatic rings. The highest BCUT2D eigenvalue weighted by molar-refractivity contribution is 5.93. The van der Waals surface area contributed by atoms with Gasteiger partial charge >= 0.3 is 6.09 Å². The Balaban J connectivity index is 1.90. The van der Waals surface area contributed by atoms with Gasteiger partial charge in [-0.05, 0) is 25.3 Å². The molecule has 0 spiro atoms.